The van der Waals surface area contributed by atoms with E-state index in [2.05, 4.69) is 0 Å². The molecule has 2 unspecified atom stereocenters. The third-order valence-corrected chi connectivity index (χ3v) is 6.67. The maximum Gasteiger partial charge on any atom is 0.175 e. The van der Waals surface area contributed by atoms with Crippen LogP contribution in [0.1, 0.15) is 0 Å². The highest BCUT2D eigenvalue weighted by molar-refractivity contribution is 4.92. The molecule has 2 saturated heterocycles. The van der Waals surface area contributed by atoms with Crippen LogP contribution in [-0.4, -0.2) is 191 Å². The van der Waals surface area contributed by atoms with Crippen molar-refractivity contribution in [2.75, 3.05) is 66.7 Å². The highest BCUT2D eigenvalue weighted by Crippen LogP contribution is 2.22. The zero-order valence-electron chi connectivity index (χ0n) is 21.8. The van der Waals surface area contributed by atoms with Crippen LogP contribution >= 0.6 is 0 Å². The lowest BCUT2D eigenvalue weighted by Crippen LogP contribution is -2.62. The van der Waals surface area contributed by atoms with Crippen molar-refractivity contribution in [3.05, 3.63) is 0 Å². The van der Waals surface area contributed by atoms with Crippen LogP contribution in [0, 0.1) is 0 Å². The molecule has 0 aromatic rings. The summed E-state index contributed by atoms with van der Waals surface area (Å²) in [5, 5.41) is 78.8. The lowest BCUT2D eigenvalue weighted by atomic mass is 9.98. The second kappa shape index (κ2) is 16.0. The van der Waals surface area contributed by atoms with Gasteiger partial charge in [0.25, 0.3) is 0 Å². The molecule has 16 heteroatoms. The molecule has 2 rings (SSSR count). The number of hydrogen-bond donors (Lipinski definition) is 10. The molecule has 0 aromatic heterocycles. The summed E-state index contributed by atoms with van der Waals surface area (Å²) >= 11 is 0. The zero-order valence-corrected chi connectivity index (χ0v) is 21.8. The molecule has 0 bridgehead atoms. The molecule has 12 atom stereocenters. The standard InChI is InChI=1S/C22H46N4O12/c1-25(5-11(29)9-35-21-15(23)19(33)17(31)13(7-27)37-21)3-4-26(2)6-12(30)10-36-22-16(24)20(34)18(32)14(8-28)38-22/h11-22,27-34H,3-10,23-24H2,1-2H3/t11?,12?,13-,14-,15-,16-,17-,18-,19-,20-,21-,22+/m1/s1. The summed E-state index contributed by atoms with van der Waals surface area (Å²) in [5.41, 5.74) is 11.6. The molecular formula is C22H46N4O12. The SMILES string of the molecule is CN(CCN(C)CC(O)CO[C@H]1O[C@H](CO)[C@@H](O)[C@H](O)[C@H]1N)CC(O)CO[C@@H]1O[C@H](CO)[C@@H](O)[C@H](O)[C@H]1N. The minimum atomic E-state index is -1.34. The minimum absolute atomic E-state index is 0.149. The first-order valence-corrected chi connectivity index (χ1v) is 12.6. The Kier molecular flexibility index (Phi) is 14.1. The van der Waals surface area contributed by atoms with Crippen molar-refractivity contribution in [2.45, 2.75) is 73.5 Å². The van der Waals surface area contributed by atoms with E-state index in [1.54, 1.807) is 14.1 Å². The van der Waals surface area contributed by atoms with Gasteiger partial charge in [0.2, 0.25) is 0 Å². The molecule has 226 valence electrons. The van der Waals surface area contributed by atoms with Gasteiger partial charge in [-0.1, -0.05) is 0 Å². The van der Waals surface area contributed by atoms with Crippen molar-refractivity contribution >= 4 is 0 Å². The van der Waals surface area contributed by atoms with Gasteiger partial charge < -0.3 is 81.1 Å². The molecule has 0 aliphatic carbocycles. The molecule has 38 heavy (non-hydrogen) atoms. The highest BCUT2D eigenvalue weighted by atomic mass is 16.7. The summed E-state index contributed by atoms with van der Waals surface area (Å²) in [5.74, 6) is 0. The molecule has 2 aliphatic heterocycles. The fourth-order valence-corrected chi connectivity index (χ4v) is 4.27. The Labute approximate surface area is 221 Å². The summed E-state index contributed by atoms with van der Waals surface area (Å²) in [6, 6.07) is -2.09. The van der Waals surface area contributed by atoms with E-state index in [-0.39, 0.29) is 26.3 Å². The number of nitrogens with zero attached hydrogens (tertiary/aromatic N) is 2. The lowest BCUT2D eigenvalue weighted by molar-refractivity contribution is -0.270. The first-order chi connectivity index (χ1) is 17.9. The van der Waals surface area contributed by atoms with Gasteiger partial charge in [-0.25, -0.2) is 0 Å². The van der Waals surface area contributed by atoms with Crippen LogP contribution in [0.2, 0.25) is 0 Å². The first kappa shape index (κ1) is 33.6. The van der Waals surface area contributed by atoms with Gasteiger partial charge in [0.05, 0.1) is 50.7 Å². The van der Waals surface area contributed by atoms with Gasteiger partial charge in [-0.2, -0.15) is 0 Å². The Morgan fingerprint density at radius 1 is 0.684 bits per heavy atom. The van der Waals surface area contributed by atoms with Crippen molar-refractivity contribution in [3.8, 4) is 0 Å². The van der Waals surface area contributed by atoms with E-state index in [1.165, 1.54) is 0 Å². The molecule has 2 fully saturated rings. The third-order valence-electron chi connectivity index (χ3n) is 6.67. The lowest BCUT2D eigenvalue weighted by Gasteiger charge is -2.40. The summed E-state index contributed by atoms with van der Waals surface area (Å²) in [6.45, 7) is 0.218. The number of aliphatic hydroxyl groups is 8. The molecule has 0 aromatic carbocycles. The molecule has 0 amide bonds. The molecule has 16 nitrogen and oxygen atoms in total. The number of nitrogens with two attached hydrogens (primary N) is 2. The van der Waals surface area contributed by atoms with E-state index in [0.29, 0.717) is 13.1 Å². The smallest absolute Gasteiger partial charge is 0.175 e. The second-order valence-corrected chi connectivity index (χ2v) is 10.1. The maximum absolute atomic E-state index is 10.3. The molecule has 2 aliphatic rings. The van der Waals surface area contributed by atoms with Crippen molar-refractivity contribution < 1.29 is 59.8 Å². The van der Waals surface area contributed by atoms with E-state index in [9.17, 15) is 40.9 Å². The van der Waals surface area contributed by atoms with Gasteiger partial charge in [0, 0.05) is 26.2 Å². The zero-order chi connectivity index (χ0) is 28.6. The summed E-state index contributed by atoms with van der Waals surface area (Å²) in [7, 11) is 3.58. The molecule has 2 heterocycles. The average Bonchev–Trinajstić information content (AvgIpc) is 2.88. The Bertz CT molecular complexity index is 614. The van der Waals surface area contributed by atoms with Gasteiger partial charge in [-0.3, -0.25) is 0 Å². The van der Waals surface area contributed by atoms with Crippen molar-refractivity contribution in [2.24, 2.45) is 11.5 Å². The van der Waals surface area contributed by atoms with Crippen molar-refractivity contribution in [3.63, 3.8) is 0 Å². The second-order valence-electron chi connectivity index (χ2n) is 10.1. The summed E-state index contributed by atoms with van der Waals surface area (Å²) in [4.78, 5) is 3.70. The fraction of sp³-hybridized carbons (Fsp3) is 1.00. The minimum Gasteiger partial charge on any atom is -0.394 e. The number of aliphatic hydroxyl groups excluding tert-OH is 8. The van der Waals surface area contributed by atoms with Crippen LogP contribution in [-0.2, 0) is 18.9 Å². The summed E-state index contributed by atoms with van der Waals surface area (Å²) in [6.07, 6.45) is -11.5. The molecular weight excluding hydrogens is 512 g/mol. The molecule has 12 N–H and O–H groups in total. The van der Waals surface area contributed by atoms with Crippen LogP contribution in [0.25, 0.3) is 0 Å². The number of ether oxygens (including phenoxy) is 4. The molecule has 0 saturated carbocycles. The Morgan fingerprint density at radius 3 is 1.34 bits per heavy atom. The van der Waals surface area contributed by atoms with E-state index in [4.69, 9.17) is 30.4 Å². The molecule has 0 radical (unpaired) electrons. The largest absolute Gasteiger partial charge is 0.394 e. The number of rotatable bonds is 15. The first-order valence-electron chi connectivity index (χ1n) is 12.6. The Balaban J connectivity index is 1.65. The van der Waals surface area contributed by atoms with Crippen LogP contribution in [0.5, 0.6) is 0 Å². The van der Waals surface area contributed by atoms with Crippen molar-refractivity contribution in [1.29, 1.82) is 0 Å². The number of hydrogen-bond acceptors (Lipinski definition) is 16. The maximum atomic E-state index is 10.3. The average molecular weight is 559 g/mol. The van der Waals surface area contributed by atoms with E-state index < -0.39 is 86.7 Å². The third kappa shape index (κ3) is 9.48. The predicted octanol–water partition coefficient (Wildman–Crippen LogP) is -6.86. The Hall–Kier alpha value is -0.640. The Morgan fingerprint density at radius 2 is 1.03 bits per heavy atom. The normalized spacial score (nSPS) is 38.1. The monoisotopic (exact) mass is 558 g/mol. The highest BCUT2D eigenvalue weighted by Gasteiger charge is 2.44. The van der Waals surface area contributed by atoms with Gasteiger partial charge in [0.15, 0.2) is 12.6 Å². The predicted molar refractivity (Wildman–Crippen MR) is 130 cm³/mol. The number of likely N-dealkylation sites (N-methyl/N-ethyl adjacent to an activating group) is 2. The van der Waals surface area contributed by atoms with E-state index >= 15 is 0 Å². The van der Waals surface area contributed by atoms with Gasteiger partial charge in [-0.05, 0) is 14.1 Å². The fourth-order valence-electron chi connectivity index (χ4n) is 4.27. The van der Waals surface area contributed by atoms with Gasteiger partial charge >= 0.3 is 0 Å². The van der Waals surface area contributed by atoms with Crippen LogP contribution in [0.4, 0.5) is 0 Å². The van der Waals surface area contributed by atoms with E-state index in [0.717, 1.165) is 0 Å². The quantitative estimate of drug-likeness (QED) is 0.0895. The van der Waals surface area contributed by atoms with Crippen LogP contribution in [0.15, 0.2) is 0 Å². The van der Waals surface area contributed by atoms with E-state index in [1.807, 2.05) is 9.80 Å². The summed E-state index contributed by atoms with van der Waals surface area (Å²) < 4.78 is 21.7. The molecule has 0 spiro atoms. The van der Waals surface area contributed by atoms with Crippen LogP contribution in [0.3, 0.4) is 0 Å². The van der Waals surface area contributed by atoms with Crippen molar-refractivity contribution in [1.82, 2.24) is 9.80 Å². The topological polar surface area (TPSA) is 257 Å². The van der Waals surface area contributed by atoms with Gasteiger partial charge in [0.1, 0.15) is 36.6 Å². The van der Waals surface area contributed by atoms with Gasteiger partial charge in [-0.15, -0.1) is 0 Å². The van der Waals surface area contributed by atoms with Crippen LogP contribution < -0.4 is 11.5 Å².